The Kier molecular flexibility index (Phi) is 4.46. The maximum absolute atomic E-state index is 11.6. The van der Waals surface area contributed by atoms with Crippen LogP contribution in [0.4, 0.5) is 0 Å². The van der Waals surface area contributed by atoms with E-state index in [1.165, 1.54) is 30.4 Å². The summed E-state index contributed by atoms with van der Waals surface area (Å²) in [6, 6.07) is 10.7. The summed E-state index contributed by atoms with van der Waals surface area (Å²) in [6.45, 7) is 0. The minimum Gasteiger partial charge on any atom is -0.508 e. The number of hydrogen-bond acceptors (Lipinski definition) is 5. The van der Waals surface area contributed by atoms with Crippen LogP contribution in [0.15, 0.2) is 48.5 Å². The van der Waals surface area contributed by atoms with Gasteiger partial charge in [0.15, 0.2) is 0 Å². The Hall–Kier alpha value is -2.95. The molecule has 0 saturated heterocycles. The van der Waals surface area contributed by atoms with Gasteiger partial charge in [0.1, 0.15) is 23.0 Å². The molecule has 5 nitrogen and oxygen atoms in total. The third-order valence-electron chi connectivity index (χ3n) is 2.69. The summed E-state index contributed by atoms with van der Waals surface area (Å²) in [6.07, 6.45) is 2.59. The summed E-state index contributed by atoms with van der Waals surface area (Å²) < 4.78 is 10.1. The van der Waals surface area contributed by atoms with Gasteiger partial charge in [-0.15, -0.1) is 0 Å². The van der Waals surface area contributed by atoms with Gasteiger partial charge >= 0.3 is 5.97 Å². The Labute approximate surface area is 121 Å². The number of methoxy groups -OCH3 is 1. The summed E-state index contributed by atoms with van der Waals surface area (Å²) in [5.41, 5.74) is 0.402. The van der Waals surface area contributed by atoms with Crippen LogP contribution in [0, 0.1) is 0 Å². The molecule has 2 rings (SSSR count). The predicted octanol–water partition coefficient (Wildman–Crippen LogP) is 2.73. The molecule has 0 saturated carbocycles. The quantitative estimate of drug-likeness (QED) is 0.513. The standard InChI is InChI=1S/C16H14O5/c1-20-13-5-7-14(8-6-13)21-16(19)9-3-11-2-4-12(17)10-15(11)18/h2-10,17-18H,1H3/b9-3+. The van der Waals surface area contributed by atoms with E-state index in [-0.39, 0.29) is 11.5 Å². The first-order chi connectivity index (χ1) is 10.1. The Bertz CT molecular complexity index is 659. The third-order valence-corrected chi connectivity index (χ3v) is 2.69. The molecule has 0 atom stereocenters. The van der Waals surface area contributed by atoms with Crippen LogP contribution in [0.5, 0.6) is 23.0 Å². The minimum atomic E-state index is -0.576. The SMILES string of the molecule is COc1ccc(OC(=O)/C=C/c2ccc(O)cc2O)cc1. The first-order valence-electron chi connectivity index (χ1n) is 6.14. The van der Waals surface area contributed by atoms with Gasteiger partial charge in [0.2, 0.25) is 0 Å². The highest BCUT2D eigenvalue weighted by Crippen LogP contribution is 2.23. The van der Waals surface area contributed by atoms with E-state index < -0.39 is 5.97 Å². The first-order valence-corrected chi connectivity index (χ1v) is 6.14. The number of phenols is 2. The topological polar surface area (TPSA) is 76.0 Å². The first kappa shape index (κ1) is 14.5. The fourth-order valence-electron chi connectivity index (χ4n) is 1.62. The van der Waals surface area contributed by atoms with Gasteiger partial charge in [-0.1, -0.05) is 0 Å². The molecular weight excluding hydrogens is 272 g/mol. The molecule has 108 valence electrons. The molecular formula is C16H14O5. The van der Waals surface area contributed by atoms with Crippen molar-refractivity contribution in [3.8, 4) is 23.0 Å². The molecule has 0 aromatic heterocycles. The molecule has 0 aliphatic carbocycles. The second kappa shape index (κ2) is 6.47. The molecule has 0 unspecified atom stereocenters. The van der Waals surface area contributed by atoms with Crippen LogP contribution < -0.4 is 9.47 Å². The Morgan fingerprint density at radius 3 is 2.33 bits per heavy atom. The van der Waals surface area contributed by atoms with Gasteiger partial charge in [-0.2, -0.15) is 0 Å². The van der Waals surface area contributed by atoms with Crippen LogP contribution >= 0.6 is 0 Å². The van der Waals surface area contributed by atoms with Crippen LogP contribution in [-0.2, 0) is 4.79 Å². The predicted molar refractivity (Wildman–Crippen MR) is 77.4 cm³/mol. The van der Waals surface area contributed by atoms with Crippen molar-refractivity contribution in [1.82, 2.24) is 0 Å². The second-order valence-electron chi connectivity index (χ2n) is 4.17. The molecule has 0 spiro atoms. The zero-order chi connectivity index (χ0) is 15.2. The van der Waals surface area contributed by atoms with Gasteiger partial charge in [-0.05, 0) is 42.5 Å². The third kappa shape index (κ3) is 4.01. The van der Waals surface area contributed by atoms with Crippen LogP contribution in [0.25, 0.3) is 6.08 Å². The Morgan fingerprint density at radius 1 is 1.05 bits per heavy atom. The molecule has 0 amide bonds. The fraction of sp³-hybridized carbons (Fsp3) is 0.0625. The summed E-state index contributed by atoms with van der Waals surface area (Å²) in [5, 5.41) is 18.7. The summed E-state index contributed by atoms with van der Waals surface area (Å²) in [4.78, 5) is 11.6. The molecule has 2 N–H and O–H groups in total. The van der Waals surface area contributed by atoms with Gasteiger partial charge in [0.05, 0.1) is 7.11 Å². The summed E-state index contributed by atoms with van der Waals surface area (Å²) in [7, 11) is 1.55. The number of carbonyl (C=O) groups is 1. The van der Waals surface area contributed by atoms with Gasteiger partial charge in [0, 0.05) is 17.7 Å². The summed E-state index contributed by atoms with van der Waals surface area (Å²) in [5.74, 6) is 0.307. The largest absolute Gasteiger partial charge is 0.508 e. The number of rotatable bonds is 4. The normalized spacial score (nSPS) is 10.5. The Balaban J connectivity index is 2.01. The van der Waals surface area contributed by atoms with Gasteiger partial charge in [-0.25, -0.2) is 4.79 Å². The van der Waals surface area contributed by atoms with E-state index in [9.17, 15) is 9.90 Å². The van der Waals surface area contributed by atoms with Crippen molar-refractivity contribution >= 4 is 12.0 Å². The smallest absolute Gasteiger partial charge is 0.336 e. The number of aromatic hydroxyl groups is 2. The average molecular weight is 286 g/mol. The highest BCUT2D eigenvalue weighted by molar-refractivity contribution is 5.89. The second-order valence-corrected chi connectivity index (χ2v) is 4.17. The molecule has 0 radical (unpaired) electrons. The molecule has 2 aromatic rings. The van der Waals surface area contributed by atoms with Crippen molar-refractivity contribution in [2.75, 3.05) is 7.11 Å². The van der Waals surface area contributed by atoms with E-state index in [2.05, 4.69) is 0 Å². The van der Waals surface area contributed by atoms with Crippen LogP contribution in [0.3, 0.4) is 0 Å². The molecule has 2 aromatic carbocycles. The van der Waals surface area contributed by atoms with E-state index >= 15 is 0 Å². The lowest BCUT2D eigenvalue weighted by atomic mass is 10.2. The van der Waals surface area contributed by atoms with E-state index in [1.807, 2.05) is 0 Å². The van der Waals surface area contributed by atoms with Crippen molar-refractivity contribution in [2.45, 2.75) is 0 Å². The highest BCUT2D eigenvalue weighted by Gasteiger charge is 2.03. The van der Waals surface area contributed by atoms with Crippen molar-refractivity contribution < 1.29 is 24.5 Å². The van der Waals surface area contributed by atoms with Crippen molar-refractivity contribution in [1.29, 1.82) is 0 Å². The summed E-state index contributed by atoms with van der Waals surface area (Å²) >= 11 is 0. The molecule has 0 aliphatic rings. The lowest BCUT2D eigenvalue weighted by Gasteiger charge is -2.03. The lowest BCUT2D eigenvalue weighted by molar-refractivity contribution is -0.128. The fourth-order valence-corrected chi connectivity index (χ4v) is 1.62. The Morgan fingerprint density at radius 2 is 1.71 bits per heavy atom. The molecule has 21 heavy (non-hydrogen) atoms. The van der Waals surface area contributed by atoms with Gasteiger partial charge in [0.25, 0.3) is 0 Å². The van der Waals surface area contributed by atoms with Crippen LogP contribution in [0.1, 0.15) is 5.56 Å². The molecule has 0 aliphatic heterocycles. The number of esters is 1. The van der Waals surface area contributed by atoms with E-state index in [1.54, 1.807) is 31.4 Å². The van der Waals surface area contributed by atoms with Crippen molar-refractivity contribution in [3.63, 3.8) is 0 Å². The van der Waals surface area contributed by atoms with E-state index in [0.717, 1.165) is 0 Å². The van der Waals surface area contributed by atoms with Gasteiger partial charge < -0.3 is 19.7 Å². The maximum Gasteiger partial charge on any atom is 0.336 e. The van der Waals surface area contributed by atoms with E-state index in [0.29, 0.717) is 17.1 Å². The van der Waals surface area contributed by atoms with Crippen LogP contribution in [0.2, 0.25) is 0 Å². The highest BCUT2D eigenvalue weighted by atomic mass is 16.5. The van der Waals surface area contributed by atoms with Crippen LogP contribution in [-0.4, -0.2) is 23.3 Å². The number of carbonyl (C=O) groups excluding carboxylic acids is 1. The maximum atomic E-state index is 11.6. The molecule has 5 heteroatoms. The van der Waals surface area contributed by atoms with Crippen molar-refractivity contribution in [2.24, 2.45) is 0 Å². The molecule has 0 fully saturated rings. The van der Waals surface area contributed by atoms with E-state index in [4.69, 9.17) is 14.6 Å². The zero-order valence-electron chi connectivity index (χ0n) is 11.3. The number of phenolic OH excluding ortho intramolecular Hbond substituents is 2. The lowest BCUT2D eigenvalue weighted by Crippen LogP contribution is -2.03. The zero-order valence-corrected chi connectivity index (χ0v) is 11.3. The number of hydrogen-bond donors (Lipinski definition) is 2. The molecule has 0 heterocycles. The number of benzene rings is 2. The average Bonchev–Trinajstić information content (AvgIpc) is 2.47. The monoisotopic (exact) mass is 286 g/mol. The van der Waals surface area contributed by atoms with Crippen molar-refractivity contribution in [3.05, 3.63) is 54.1 Å². The molecule has 0 bridgehead atoms. The number of ether oxygens (including phenoxy) is 2. The van der Waals surface area contributed by atoms with Gasteiger partial charge in [-0.3, -0.25) is 0 Å². The minimum absolute atomic E-state index is 0.0505.